The van der Waals surface area contributed by atoms with Crippen molar-refractivity contribution in [1.29, 1.82) is 0 Å². The molecule has 6 heteroatoms. The molecule has 0 radical (unpaired) electrons. The van der Waals surface area contributed by atoms with E-state index in [0.717, 1.165) is 16.7 Å². The number of hydrogen-bond acceptors (Lipinski definition) is 6. The lowest BCUT2D eigenvalue weighted by atomic mass is 10.1. The molecule has 0 atom stereocenters. The summed E-state index contributed by atoms with van der Waals surface area (Å²) in [6.07, 6.45) is 0. The van der Waals surface area contributed by atoms with Gasteiger partial charge >= 0.3 is 5.97 Å². The number of ether oxygens (including phenoxy) is 4. The lowest BCUT2D eigenvalue weighted by Gasteiger charge is -2.13. The summed E-state index contributed by atoms with van der Waals surface area (Å²) in [5, 5.41) is 0. The molecule has 0 bridgehead atoms. The molecule has 27 heavy (non-hydrogen) atoms. The Kier molecular flexibility index (Phi) is 6.82. The van der Waals surface area contributed by atoms with Gasteiger partial charge in [-0.05, 0) is 50.1 Å². The third-order valence-corrected chi connectivity index (χ3v) is 4.01. The van der Waals surface area contributed by atoms with E-state index >= 15 is 0 Å². The number of carbonyl (C=O) groups is 2. The Balaban J connectivity index is 1.91. The highest BCUT2D eigenvalue weighted by atomic mass is 16.6. The van der Waals surface area contributed by atoms with Crippen LogP contribution < -0.4 is 14.2 Å². The van der Waals surface area contributed by atoms with Crippen molar-refractivity contribution in [3.05, 3.63) is 52.6 Å². The van der Waals surface area contributed by atoms with E-state index < -0.39 is 5.97 Å². The molecule has 0 fully saturated rings. The topological polar surface area (TPSA) is 71.1 Å². The minimum Gasteiger partial charge on any atom is -0.493 e. The van der Waals surface area contributed by atoms with Gasteiger partial charge in [-0.15, -0.1) is 0 Å². The highest BCUT2D eigenvalue weighted by molar-refractivity contribution is 5.98. The molecule has 0 aromatic heterocycles. The molecule has 0 saturated carbocycles. The molecule has 0 spiro atoms. The molecule has 0 unspecified atom stereocenters. The van der Waals surface area contributed by atoms with Crippen LogP contribution in [-0.4, -0.2) is 39.2 Å². The number of esters is 1. The van der Waals surface area contributed by atoms with Crippen molar-refractivity contribution in [2.24, 2.45) is 0 Å². The number of rotatable bonds is 8. The number of methoxy groups -OCH3 is 2. The molecule has 0 aliphatic carbocycles. The third kappa shape index (κ3) is 5.23. The SMILES string of the molecule is COc1ccc(C(=O)COC(=O)COc2c(C)cc(C)cc2C)cc1OC. The Hall–Kier alpha value is -3.02. The van der Waals surface area contributed by atoms with Crippen molar-refractivity contribution in [2.75, 3.05) is 27.4 Å². The molecule has 0 amide bonds. The first-order valence-corrected chi connectivity index (χ1v) is 8.47. The molecule has 6 nitrogen and oxygen atoms in total. The van der Waals surface area contributed by atoms with Crippen molar-refractivity contribution in [2.45, 2.75) is 20.8 Å². The van der Waals surface area contributed by atoms with E-state index in [4.69, 9.17) is 18.9 Å². The Labute approximate surface area is 159 Å². The van der Waals surface area contributed by atoms with Crippen LogP contribution in [0, 0.1) is 20.8 Å². The van der Waals surface area contributed by atoms with Gasteiger partial charge in [0.1, 0.15) is 5.75 Å². The van der Waals surface area contributed by atoms with Crippen molar-refractivity contribution < 1.29 is 28.5 Å². The van der Waals surface area contributed by atoms with E-state index in [2.05, 4.69) is 0 Å². The number of benzene rings is 2. The van der Waals surface area contributed by atoms with E-state index in [1.165, 1.54) is 14.2 Å². The van der Waals surface area contributed by atoms with Crippen molar-refractivity contribution in [3.63, 3.8) is 0 Å². The van der Waals surface area contributed by atoms with E-state index in [-0.39, 0.29) is 19.0 Å². The molecule has 0 heterocycles. The summed E-state index contributed by atoms with van der Waals surface area (Å²) in [4.78, 5) is 24.1. The van der Waals surface area contributed by atoms with Crippen molar-refractivity contribution in [1.82, 2.24) is 0 Å². The van der Waals surface area contributed by atoms with Crippen LogP contribution in [0.3, 0.4) is 0 Å². The standard InChI is InChI=1S/C21H24O6/c1-13-8-14(2)21(15(3)9-13)27-12-20(23)26-11-17(22)16-6-7-18(24-4)19(10-16)25-5/h6-10H,11-12H2,1-5H3. The van der Waals surface area contributed by atoms with Crippen LogP contribution in [0.1, 0.15) is 27.0 Å². The lowest BCUT2D eigenvalue weighted by Crippen LogP contribution is -2.20. The van der Waals surface area contributed by atoms with E-state index in [1.54, 1.807) is 18.2 Å². The molecule has 2 aromatic carbocycles. The van der Waals surface area contributed by atoms with Crippen LogP contribution in [0.5, 0.6) is 17.2 Å². The van der Waals surface area contributed by atoms with Gasteiger partial charge in [-0.3, -0.25) is 4.79 Å². The number of ketones is 1. The summed E-state index contributed by atoms with van der Waals surface area (Å²) in [6.45, 7) is 5.20. The Bertz CT molecular complexity index is 818. The summed E-state index contributed by atoms with van der Waals surface area (Å²) in [7, 11) is 3.00. The predicted molar refractivity (Wildman–Crippen MR) is 101 cm³/mol. The van der Waals surface area contributed by atoms with Crippen molar-refractivity contribution in [3.8, 4) is 17.2 Å². The first kappa shape index (κ1) is 20.3. The van der Waals surface area contributed by atoms with Crippen LogP contribution in [0.15, 0.2) is 30.3 Å². The fourth-order valence-electron chi connectivity index (χ4n) is 2.81. The molecule has 144 valence electrons. The number of Topliss-reactive ketones (excluding diaryl/α,β-unsaturated/α-hetero) is 1. The highest BCUT2D eigenvalue weighted by Gasteiger charge is 2.14. The molecule has 2 aromatic rings. The maximum Gasteiger partial charge on any atom is 0.344 e. The second-order valence-electron chi connectivity index (χ2n) is 6.17. The smallest absolute Gasteiger partial charge is 0.344 e. The summed E-state index contributed by atoms with van der Waals surface area (Å²) >= 11 is 0. The Morgan fingerprint density at radius 2 is 1.48 bits per heavy atom. The van der Waals surface area contributed by atoms with Crippen LogP contribution in [0.4, 0.5) is 0 Å². The van der Waals surface area contributed by atoms with Gasteiger partial charge in [-0.2, -0.15) is 0 Å². The van der Waals surface area contributed by atoms with Gasteiger partial charge < -0.3 is 18.9 Å². The molecule has 0 saturated heterocycles. The first-order chi connectivity index (χ1) is 12.8. The molecule has 0 aliphatic heterocycles. The van der Waals surface area contributed by atoms with Crippen LogP contribution in [0.25, 0.3) is 0 Å². The highest BCUT2D eigenvalue weighted by Crippen LogP contribution is 2.28. The zero-order chi connectivity index (χ0) is 20.0. The second kappa shape index (κ2) is 9.07. The maximum absolute atomic E-state index is 12.2. The summed E-state index contributed by atoms with van der Waals surface area (Å²) in [5.74, 6) is 0.658. The largest absolute Gasteiger partial charge is 0.493 e. The number of hydrogen-bond donors (Lipinski definition) is 0. The average molecular weight is 372 g/mol. The summed E-state index contributed by atoms with van der Waals surface area (Å²) in [5.41, 5.74) is 3.38. The fraction of sp³-hybridized carbons (Fsp3) is 0.333. The van der Waals surface area contributed by atoms with Crippen LogP contribution in [-0.2, 0) is 9.53 Å². The predicted octanol–water partition coefficient (Wildman–Crippen LogP) is 3.43. The normalized spacial score (nSPS) is 10.3. The van der Waals surface area contributed by atoms with E-state index in [1.807, 2.05) is 32.9 Å². The molecule has 2 rings (SSSR count). The first-order valence-electron chi connectivity index (χ1n) is 8.47. The average Bonchev–Trinajstić information content (AvgIpc) is 2.64. The third-order valence-electron chi connectivity index (χ3n) is 4.01. The molecular weight excluding hydrogens is 348 g/mol. The lowest BCUT2D eigenvalue weighted by molar-refractivity contribution is -0.144. The number of aryl methyl sites for hydroxylation is 3. The molecule has 0 N–H and O–H groups in total. The van der Waals surface area contributed by atoms with E-state index in [0.29, 0.717) is 22.8 Å². The Morgan fingerprint density at radius 1 is 0.852 bits per heavy atom. The quantitative estimate of drug-likeness (QED) is 0.522. The van der Waals surface area contributed by atoms with Crippen LogP contribution >= 0.6 is 0 Å². The molecule has 0 aliphatic rings. The Morgan fingerprint density at radius 3 is 2.07 bits per heavy atom. The summed E-state index contributed by atoms with van der Waals surface area (Å²) in [6, 6.07) is 8.72. The zero-order valence-corrected chi connectivity index (χ0v) is 16.3. The van der Waals surface area contributed by atoms with Gasteiger partial charge in [0.2, 0.25) is 0 Å². The monoisotopic (exact) mass is 372 g/mol. The van der Waals surface area contributed by atoms with Gasteiger partial charge in [-0.1, -0.05) is 17.7 Å². The number of carbonyl (C=O) groups excluding carboxylic acids is 2. The van der Waals surface area contributed by atoms with Gasteiger partial charge in [0, 0.05) is 5.56 Å². The zero-order valence-electron chi connectivity index (χ0n) is 16.3. The van der Waals surface area contributed by atoms with Gasteiger partial charge in [0.05, 0.1) is 14.2 Å². The molecular formula is C21H24O6. The second-order valence-corrected chi connectivity index (χ2v) is 6.17. The van der Waals surface area contributed by atoms with Gasteiger partial charge in [-0.25, -0.2) is 4.79 Å². The van der Waals surface area contributed by atoms with Gasteiger partial charge in [0.15, 0.2) is 30.5 Å². The van der Waals surface area contributed by atoms with Gasteiger partial charge in [0.25, 0.3) is 0 Å². The van der Waals surface area contributed by atoms with Crippen molar-refractivity contribution >= 4 is 11.8 Å². The minimum atomic E-state index is -0.608. The maximum atomic E-state index is 12.2. The van der Waals surface area contributed by atoms with Crippen LogP contribution in [0.2, 0.25) is 0 Å². The fourth-order valence-corrected chi connectivity index (χ4v) is 2.81. The summed E-state index contributed by atoms with van der Waals surface area (Å²) < 4.78 is 20.9. The van der Waals surface area contributed by atoms with E-state index in [9.17, 15) is 9.59 Å². The minimum absolute atomic E-state index is 0.260.